The van der Waals surface area contributed by atoms with Crippen molar-refractivity contribution in [3.8, 4) is 0 Å². The van der Waals surface area contributed by atoms with Crippen LogP contribution in [-0.2, 0) is 9.59 Å². The van der Waals surface area contributed by atoms with E-state index in [1.807, 2.05) is 16.8 Å². The van der Waals surface area contributed by atoms with Crippen molar-refractivity contribution in [1.29, 1.82) is 0 Å². The van der Waals surface area contributed by atoms with Gasteiger partial charge in [0.05, 0.1) is 21.3 Å². The zero-order chi connectivity index (χ0) is 25.5. The number of fused-ring (bicyclic) bond motifs is 2. The minimum atomic E-state index is -0.617. The number of pyridine rings is 1. The van der Waals surface area contributed by atoms with Crippen LogP contribution in [0.5, 0.6) is 0 Å². The van der Waals surface area contributed by atoms with Crippen LogP contribution in [0.15, 0.2) is 48.9 Å². The molecule has 0 radical (unpaired) electrons. The number of hydrogen-bond donors (Lipinski definition) is 1. The van der Waals surface area contributed by atoms with E-state index in [1.54, 1.807) is 34.6 Å². The monoisotopic (exact) mass is 516 g/mol. The molecule has 0 aliphatic carbocycles. The molecule has 0 saturated carbocycles. The van der Waals surface area contributed by atoms with Gasteiger partial charge in [0.2, 0.25) is 0 Å². The molecule has 2 aliphatic heterocycles. The minimum absolute atomic E-state index is 0.139. The van der Waals surface area contributed by atoms with Crippen LogP contribution in [0.4, 0.5) is 5.69 Å². The number of aromatic nitrogens is 3. The number of rotatable bonds is 3. The summed E-state index contributed by atoms with van der Waals surface area (Å²) < 4.78 is 3.04. The summed E-state index contributed by atoms with van der Waals surface area (Å²) in [5.41, 5.74) is 3.32. The van der Waals surface area contributed by atoms with Crippen LogP contribution in [0.3, 0.4) is 0 Å². The number of likely N-dealkylation sites (N-methyl/N-ethyl adjacent to an activating group) is 1. The van der Waals surface area contributed by atoms with Crippen molar-refractivity contribution in [2.75, 3.05) is 32.0 Å². The summed E-state index contributed by atoms with van der Waals surface area (Å²) in [6.07, 6.45) is 9.58. The van der Waals surface area contributed by atoms with Gasteiger partial charge in [0, 0.05) is 49.4 Å². The topological polar surface area (TPSA) is 82.8 Å². The van der Waals surface area contributed by atoms with Crippen LogP contribution in [0.25, 0.3) is 15.9 Å². The van der Waals surface area contributed by atoms with Gasteiger partial charge in [-0.1, -0.05) is 13.0 Å². The van der Waals surface area contributed by atoms with E-state index >= 15 is 0 Å². The third-order valence-electron chi connectivity index (χ3n) is 7.72. The van der Waals surface area contributed by atoms with E-state index in [0.29, 0.717) is 29.7 Å². The van der Waals surface area contributed by atoms with Crippen molar-refractivity contribution in [1.82, 2.24) is 24.2 Å². The summed E-state index contributed by atoms with van der Waals surface area (Å²) in [7, 11) is 2.18. The van der Waals surface area contributed by atoms with E-state index in [4.69, 9.17) is 4.98 Å². The number of carbonyl (C=O) groups is 2. The molecular weight excluding hydrogens is 484 g/mol. The fourth-order valence-electron chi connectivity index (χ4n) is 5.74. The summed E-state index contributed by atoms with van der Waals surface area (Å²) in [5, 5.41) is 3.99. The molecule has 1 N–H and O–H groups in total. The molecule has 4 aromatic rings. The van der Waals surface area contributed by atoms with Crippen molar-refractivity contribution in [3.05, 3.63) is 59.5 Å². The fraction of sp³-hybridized carbons (Fsp3) is 0.429. The lowest BCUT2D eigenvalue weighted by atomic mass is 9.89. The molecule has 0 bridgehead atoms. The second kappa shape index (κ2) is 9.87. The average molecular weight is 517 g/mol. The van der Waals surface area contributed by atoms with Crippen LogP contribution in [0.2, 0.25) is 0 Å². The van der Waals surface area contributed by atoms with Crippen LogP contribution < -0.4 is 5.32 Å². The lowest BCUT2D eigenvalue weighted by Crippen LogP contribution is -2.46. The summed E-state index contributed by atoms with van der Waals surface area (Å²) >= 11 is 1.79. The van der Waals surface area contributed by atoms with Gasteiger partial charge >= 0.3 is 11.8 Å². The first-order valence-corrected chi connectivity index (χ1v) is 13.9. The maximum atomic E-state index is 13.4. The highest BCUT2D eigenvalue weighted by Gasteiger charge is 2.34. The Kier molecular flexibility index (Phi) is 6.42. The third kappa shape index (κ3) is 4.85. The predicted octanol–water partition coefficient (Wildman–Crippen LogP) is 4.69. The first-order chi connectivity index (χ1) is 17.9. The largest absolute Gasteiger partial charge is 0.327 e. The Bertz CT molecular complexity index is 1460. The highest BCUT2D eigenvalue weighted by atomic mass is 32.1. The number of thiazole rings is 1. The molecule has 0 unspecified atom stereocenters. The van der Waals surface area contributed by atoms with Crippen molar-refractivity contribution < 1.29 is 9.59 Å². The van der Waals surface area contributed by atoms with Gasteiger partial charge in [-0.15, -0.1) is 11.3 Å². The van der Waals surface area contributed by atoms with Gasteiger partial charge in [-0.3, -0.25) is 9.59 Å². The molecular formula is C28H32N6O2S. The first kappa shape index (κ1) is 24.1. The van der Waals surface area contributed by atoms with Gasteiger partial charge in [-0.25, -0.2) is 9.97 Å². The predicted molar refractivity (Wildman–Crippen MR) is 146 cm³/mol. The van der Waals surface area contributed by atoms with Crippen molar-refractivity contribution >= 4 is 44.7 Å². The molecule has 192 valence electrons. The standard InChI is InChI=1S/C28H32N6O2S/c1-18-5-7-23(19-6-8-24-22(14-19)31-27(37-24)20-4-3-11-32(2)17-20)34(16-18)28(36)26(35)30-21-9-12-33-13-10-29-25(33)15-21/h6,8-10,12-15,18,20,23H,3-5,7,11,16-17H2,1-2H3,(H,30,35)/t18-,20+,23+/m0/s1. The van der Waals surface area contributed by atoms with Crippen LogP contribution in [0, 0.1) is 5.92 Å². The fourth-order valence-corrected chi connectivity index (χ4v) is 6.81. The Morgan fingerprint density at radius 3 is 2.84 bits per heavy atom. The normalized spacial score (nSPS) is 23.0. The second-order valence-corrected chi connectivity index (χ2v) is 11.7. The Labute approximate surface area is 220 Å². The van der Waals surface area contributed by atoms with E-state index in [-0.39, 0.29) is 6.04 Å². The van der Waals surface area contributed by atoms with E-state index in [9.17, 15) is 9.59 Å². The summed E-state index contributed by atoms with van der Waals surface area (Å²) in [4.78, 5) is 39.9. The molecule has 1 aromatic carbocycles. The Balaban J connectivity index is 1.23. The van der Waals surface area contributed by atoms with Gasteiger partial charge in [0.25, 0.3) is 0 Å². The van der Waals surface area contributed by atoms with Crippen molar-refractivity contribution in [3.63, 3.8) is 0 Å². The van der Waals surface area contributed by atoms with E-state index in [1.165, 1.54) is 22.5 Å². The molecule has 9 heteroatoms. The van der Waals surface area contributed by atoms with Gasteiger partial charge in [0.1, 0.15) is 5.65 Å². The number of likely N-dealkylation sites (tertiary alicyclic amines) is 2. The summed E-state index contributed by atoms with van der Waals surface area (Å²) in [6.45, 7) is 4.90. The number of imidazole rings is 1. The van der Waals surface area contributed by atoms with Crippen LogP contribution in [-0.4, -0.2) is 62.7 Å². The third-order valence-corrected chi connectivity index (χ3v) is 8.91. The number of carbonyl (C=O) groups excluding carboxylic acids is 2. The molecule has 2 amide bonds. The molecule has 0 spiro atoms. The van der Waals surface area contributed by atoms with Gasteiger partial charge in [-0.05, 0) is 69.0 Å². The molecule has 2 saturated heterocycles. The number of nitrogens with one attached hydrogen (secondary N) is 1. The summed E-state index contributed by atoms with van der Waals surface area (Å²) in [6, 6.07) is 9.78. The molecule has 2 fully saturated rings. The lowest BCUT2D eigenvalue weighted by molar-refractivity contribution is -0.146. The number of nitrogens with zero attached hydrogens (tertiary/aromatic N) is 5. The number of amides is 2. The number of piperidine rings is 2. The molecule has 5 heterocycles. The number of hydrogen-bond acceptors (Lipinski definition) is 6. The SMILES string of the molecule is C[C@H]1CC[C@H](c2ccc3sc([C@@H]4CCCN(C)C4)nc3c2)N(C(=O)C(=O)Nc2ccn3ccnc3c2)C1. The minimum Gasteiger partial charge on any atom is -0.327 e. The summed E-state index contributed by atoms with van der Waals surface area (Å²) in [5.74, 6) is -0.289. The number of anilines is 1. The van der Waals surface area contributed by atoms with Gasteiger partial charge in [-0.2, -0.15) is 0 Å². The van der Waals surface area contributed by atoms with E-state index in [0.717, 1.165) is 37.0 Å². The Morgan fingerprint density at radius 2 is 1.97 bits per heavy atom. The maximum Gasteiger partial charge on any atom is 0.313 e. The van der Waals surface area contributed by atoms with Crippen molar-refractivity contribution in [2.24, 2.45) is 5.92 Å². The van der Waals surface area contributed by atoms with Crippen molar-refractivity contribution in [2.45, 2.75) is 44.6 Å². The number of benzene rings is 1. The molecule has 37 heavy (non-hydrogen) atoms. The first-order valence-electron chi connectivity index (χ1n) is 13.1. The zero-order valence-corrected chi connectivity index (χ0v) is 22.1. The van der Waals surface area contributed by atoms with E-state index < -0.39 is 11.8 Å². The quantitative estimate of drug-likeness (QED) is 0.400. The van der Waals surface area contributed by atoms with Gasteiger partial charge < -0.3 is 19.5 Å². The Hall–Kier alpha value is -3.30. The van der Waals surface area contributed by atoms with Gasteiger partial charge in [0.15, 0.2) is 0 Å². The zero-order valence-electron chi connectivity index (χ0n) is 21.3. The molecule has 3 atom stereocenters. The highest BCUT2D eigenvalue weighted by molar-refractivity contribution is 7.18. The second-order valence-electron chi connectivity index (χ2n) is 10.6. The molecule has 6 rings (SSSR count). The molecule has 8 nitrogen and oxygen atoms in total. The highest BCUT2D eigenvalue weighted by Crippen LogP contribution is 2.37. The van der Waals surface area contributed by atoms with Crippen LogP contribution >= 0.6 is 11.3 Å². The molecule has 2 aliphatic rings. The molecule has 3 aromatic heterocycles. The smallest absolute Gasteiger partial charge is 0.313 e. The average Bonchev–Trinajstić information content (AvgIpc) is 3.54. The maximum absolute atomic E-state index is 13.4. The lowest BCUT2D eigenvalue weighted by Gasteiger charge is -2.38. The Morgan fingerprint density at radius 1 is 1.08 bits per heavy atom. The van der Waals surface area contributed by atoms with Crippen LogP contribution in [0.1, 0.15) is 55.1 Å². The van der Waals surface area contributed by atoms with E-state index in [2.05, 4.69) is 47.4 Å².